The van der Waals surface area contributed by atoms with Gasteiger partial charge >= 0.3 is 0 Å². The van der Waals surface area contributed by atoms with Gasteiger partial charge in [0.2, 0.25) is 0 Å². The van der Waals surface area contributed by atoms with Crippen molar-refractivity contribution in [1.82, 2.24) is 14.8 Å². The van der Waals surface area contributed by atoms with Crippen LogP contribution in [-0.4, -0.2) is 20.6 Å². The number of aryl methyl sites for hydroxylation is 1. The lowest BCUT2D eigenvalue weighted by Gasteiger charge is -2.30. The predicted molar refractivity (Wildman–Crippen MR) is 77.0 cm³/mol. The second kappa shape index (κ2) is 7.78. The van der Waals surface area contributed by atoms with Gasteiger partial charge in [-0.3, -0.25) is 4.68 Å². The van der Waals surface area contributed by atoms with Crippen molar-refractivity contribution in [2.24, 2.45) is 5.41 Å². The van der Waals surface area contributed by atoms with Crippen molar-refractivity contribution >= 4 is 11.6 Å². The fourth-order valence-corrected chi connectivity index (χ4v) is 2.73. The third-order valence-corrected chi connectivity index (χ3v) is 4.33. The van der Waals surface area contributed by atoms with Crippen LogP contribution in [0.4, 0.5) is 0 Å². The number of nitrogens with zero attached hydrogens (tertiary/aromatic N) is 3. The first kappa shape index (κ1) is 15.5. The van der Waals surface area contributed by atoms with Gasteiger partial charge < -0.3 is 0 Å². The molecule has 0 aliphatic rings. The Morgan fingerprint density at radius 1 is 1.28 bits per heavy atom. The third kappa shape index (κ3) is 3.98. The monoisotopic (exact) mass is 271 g/mol. The van der Waals surface area contributed by atoms with Gasteiger partial charge in [0.1, 0.15) is 12.2 Å². The lowest BCUT2D eigenvalue weighted by molar-refractivity contribution is 0.268. The zero-order valence-corrected chi connectivity index (χ0v) is 12.7. The van der Waals surface area contributed by atoms with E-state index in [9.17, 15) is 0 Å². The highest BCUT2D eigenvalue weighted by molar-refractivity contribution is 6.18. The van der Waals surface area contributed by atoms with Crippen LogP contribution in [0.3, 0.4) is 0 Å². The summed E-state index contributed by atoms with van der Waals surface area (Å²) in [5.74, 6) is 1.80. The Morgan fingerprint density at radius 2 is 2.06 bits per heavy atom. The second-order valence-electron chi connectivity index (χ2n) is 5.17. The Labute approximate surface area is 116 Å². The molecule has 4 heteroatoms. The molecule has 0 radical (unpaired) electrons. The lowest BCUT2D eigenvalue weighted by Crippen LogP contribution is -2.27. The molecule has 0 saturated carbocycles. The van der Waals surface area contributed by atoms with Gasteiger partial charge in [-0.15, -0.1) is 11.6 Å². The smallest absolute Gasteiger partial charge is 0.138 e. The van der Waals surface area contributed by atoms with Crippen LogP contribution in [0.25, 0.3) is 0 Å². The van der Waals surface area contributed by atoms with E-state index in [-0.39, 0.29) is 5.41 Å². The number of alkyl halides is 1. The molecule has 1 unspecified atom stereocenters. The second-order valence-corrected chi connectivity index (χ2v) is 5.43. The van der Waals surface area contributed by atoms with Crippen LogP contribution in [0, 0.1) is 5.41 Å². The minimum absolute atomic E-state index is 0.191. The van der Waals surface area contributed by atoms with Crippen molar-refractivity contribution in [2.75, 3.05) is 5.88 Å². The zero-order valence-electron chi connectivity index (χ0n) is 12.0. The minimum atomic E-state index is 0.191. The van der Waals surface area contributed by atoms with E-state index in [1.165, 1.54) is 19.3 Å². The van der Waals surface area contributed by atoms with E-state index in [4.69, 9.17) is 11.6 Å². The summed E-state index contributed by atoms with van der Waals surface area (Å²) in [4.78, 5) is 4.42. The van der Waals surface area contributed by atoms with Gasteiger partial charge in [0.15, 0.2) is 0 Å². The molecule has 0 N–H and O–H groups in total. The quantitative estimate of drug-likeness (QED) is 0.634. The first-order chi connectivity index (χ1) is 8.71. The highest BCUT2D eigenvalue weighted by Gasteiger charge is 2.29. The van der Waals surface area contributed by atoms with E-state index < -0.39 is 0 Å². The van der Waals surface area contributed by atoms with E-state index in [0.717, 1.165) is 31.6 Å². The van der Waals surface area contributed by atoms with E-state index in [1.54, 1.807) is 6.33 Å². The van der Waals surface area contributed by atoms with Crippen molar-refractivity contribution in [1.29, 1.82) is 0 Å². The van der Waals surface area contributed by atoms with Gasteiger partial charge in [-0.1, -0.05) is 33.6 Å². The molecule has 0 aliphatic carbocycles. The molecule has 1 aromatic heterocycles. The van der Waals surface area contributed by atoms with Gasteiger partial charge in [0.25, 0.3) is 0 Å². The van der Waals surface area contributed by atoms with Crippen LogP contribution in [0.15, 0.2) is 6.33 Å². The van der Waals surface area contributed by atoms with E-state index in [0.29, 0.717) is 5.88 Å². The molecule has 0 bridgehead atoms. The summed E-state index contributed by atoms with van der Waals surface area (Å²) in [5.41, 5.74) is 0.191. The number of hydrogen-bond donors (Lipinski definition) is 0. The Kier molecular flexibility index (Phi) is 6.69. The van der Waals surface area contributed by atoms with Crippen molar-refractivity contribution in [3.63, 3.8) is 0 Å². The molecule has 1 atom stereocenters. The maximum absolute atomic E-state index is 6.25. The Morgan fingerprint density at radius 3 is 2.61 bits per heavy atom. The number of hydrogen-bond acceptors (Lipinski definition) is 2. The maximum Gasteiger partial charge on any atom is 0.138 e. The van der Waals surface area contributed by atoms with Crippen LogP contribution in [-0.2, 0) is 13.0 Å². The molecule has 0 spiro atoms. The average Bonchev–Trinajstić information content (AvgIpc) is 2.82. The molecule has 0 aliphatic heterocycles. The van der Waals surface area contributed by atoms with Crippen molar-refractivity contribution in [2.45, 2.75) is 65.8 Å². The average molecular weight is 272 g/mol. The molecule has 0 fully saturated rings. The third-order valence-electron chi connectivity index (χ3n) is 3.76. The first-order valence-electron chi connectivity index (χ1n) is 7.14. The van der Waals surface area contributed by atoms with Crippen LogP contribution < -0.4 is 0 Å². The largest absolute Gasteiger partial charge is 0.250 e. The maximum atomic E-state index is 6.25. The van der Waals surface area contributed by atoms with Crippen molar-refractivity contribution in [3.05, 3.63) is 12.2 Å². The Bertz CT molecular complexity index is 332. The molecular formula is C14H26ClN3. The fraction of sp³-hybridized carbons (Fsp3) is 0.857. The molecular weight excluding hydrogens is 246 g/mol. The standard InChI is InChI=1S/C14H26ClN3/c1-4-7-8-14(6-3,11-15)10-13-16-12-17-18(13)9-5-2/h12H,4-11H2,1-3H3. The summed E-state index contributed by atoms with van der Waals surface area (Å²) in [6.07, 6.45) is 8.46. The van der Waals surface area contributed by atoms with Gasteiger partial charge in [-0.2, -0.15) is 5.10 Å². The fourth-order valence-electron chi connectivity index (χ4n) is 2.31. The van der Waals surface area contributed by atoms with E-state index >= 15 is 0 Å². The summed E-state index contributed by atoms with van der Waals surface area (Å²) >= 11 is 6.25. The van der Waals surface area contributed by atoms with E-state index in [1.807, 2.05) is 4.68 Å². The van der Waals surface area contributed by atoms with Gasteiger partial charge in [0, 0.05) is 18.8 Å². The number of halogens is 1. The van der Waals surface area contributed by atoms with E-state index in [2.05, 4.69) is 30.9 Å². The first-order valence-corrected chi connectivity index (χ1v) is 7.67. The molecule has 0 saturated heterocycles. The SMILES string of the molecule is CCCCC(CC)(CCl)Cc1ncnn1CCC. The summed E-state index contributed by atoms with van der Waals surface area (Å²) in [5, 5.41) is 4.30. The minimum Gasteiger partial charge on any atom is -0.250 e. The summed E-state index contributed by atoms with van der Waals surface area (Å²) in [6.45, 7) is 7.58. The predicted octanol–water partition coefficient (Wildman–Crippen LogP) is 4.06. The normalized spacial score (nSPS) is 14.7. The van der Waals surface area contributed by atoms with Crippen LogP contribution in [0.1, 0.15) is 58.7 Å². The van der Waals surface area contributed by atoms with Crippen LogP contribution in [0.2, 0.25) is 0 Å². The topological polar surface area (TPSA) is 30.7 Å². The zero-order chi connectivity index (χ0) is 13.4. The molecule has 0 aromatic carbocycles. The van der Waals surface area contributed by atoms with Gasteiger partial charge in [-0.05, 0) is 24.7 Å². The molecule has 1 rings (SSSR count). The van der Waals surface area contributed by atoms with Crippen LogP contribution in [0.5, 0.6) is 0 Å². The van der Waals surface area contributed by atoms with Crippen molar-refractivity contribution in [3.8, 4) is 0 Å². The van der Waals surface area contributed by atoms with Gasteiger partial charge in [0.05, 0.1) is 0 Å². The Balaban J connectivity index is 2.78. The number of unbranched alkanes of at least 4 members (excludes halogenated alkanes) is 1. The van der Waals surface area contributed by atoms with Gasteiger partial charge in [-0.25, -0.2) is 4.98 Å². The molecule has 1 aromatic rings. The molecule has 0 amide bonds. The lowest BCUT2D eigenvalue weighted by atomic mass is 9.79. The highest BCUT2D eigenvalue weighted by Crippen LogP contribution is 2.33. The highest BCUT2D eigenvalue weighted by atomic mass is 35.5. The number of aromatic nitrogens is 3. The molecule has 104 valence electrons. The van der Waals surface area contributed by atoms with Crippen molar-refractivity contribution < 1.29 is 0 Å². The van der Waals surface area contributed by atoms with Crippen LogP contribution >= 0.6 is 11.6 Å². The molecule has 1 heterocycles. The Hall–Kier alpha value is -0.570. The molecule has 3 nitrogen and oxygen atoms in total. The number of rotatable bonds is 9. The summed E-state index contributed by atoms with van der Waals surface area (Å²) in [6, 6.07) is 0. The summed E-state index contributed by atoms with van der Waals surface area (Å²) in [7, 11) is 0. The summed E-state index contributed by atoms with van der Waals surface area (Å²) < 4.78 is 2.03. The molecule has 18 heavy (non-hydrogen) atoms.